The van der Waals surface area contributed by atoms with Crippen LogP contribution in [0.1, 0.15) is 78.1 Å². The van der Waals surface area contributed by atoms with Crippen LogP contribution in [0, 0.1) is 0 Å². The molecule has 2 heterocycles. The molecule has 0 spiro atoms. The number of carbonyl (C=O) groups excluding carboxylic acids is 2. The van der Waals surface area contributed by atoms with Gasteiger partial charge in [0.15, 0.2) is 0 Å². The van der Waals surface area contributed by atoms with Crippen molar-refractivity contribution in [2.24, 2.45) is 0 Å². The number of aliphatic hydroxyl groups is 2. The molecule has 0 radical (unpaired) electrons. The largest absolute Gasteiger partial charge is 0.459 e. The van der Waals surface area contributed by atoms with Gasteiger partial charge in [-0.25, -0.2) is 4.79 Å². The van der Waals surface area contributed by atoms with Crippen molar-refractivity contribution in [2.45, 2.75) is 70.6 Å². The zero-order valence-electron chi connectivity index (χ0n) is 19.8. The molecular weight excluding hydrogens is 454 g/mol. The zero-order valence-corrected chi connectivity index (χ0v) is 20.6. The molecule has 0 saturated carbocycles. The van der Waals surface area contributed by atoms with Gasteiger partial charge in [0.1, 0.15) is 11.5 Å². The molecule has 0 aliphatic carbocycles. The van der Waals surface area contributed by atoms with Crippen molar-refractivity contribution in [3.8, 4) is 0 Å². The van der Waals surface area contributed by atoms with Gasteiger partial charge in [-0.15, -0.1) is 11.3 Å². The van der Waals surface area contributed by atoms with Gasteiger partial charge in [-0.3, -0.25) is 4.79 Å². The van der Waals surface area contributed by atoms with Crippen LogP contribution in [0.4, 0.5) is 5.69 Å². The first-order valence-electron chi connectivity index (χ1n) is 12.1. The summed E-state index contributed by atoms with van der Waals surface area (Å²) in [5, 5.41) is 19.2. The molecule has 2 aromatic rings. The normalized spacial score (nSPS) is 16.7. The van der Waals surface area contributed by atoms with E-state index in [0.29, 0.717) is 24.5 Å². The molecule has 3 rings (SSSR count). The number of amides is 1. The van der Waals surface area contributed by atoms with Gasteiger partial charge in [-0.2, -0.15) is 0 Å². The lowest BCUT2D eigenvalue weighted by atomic mass is 10.0. The molecule has 2 N–H and O–H groups in total. The highest BCUT2D eigenvalue weighted by molar-refractivity contribution is 7.13. The molecule has 1 saturated heterocycles. The number of nitrogens with zero attached hydrogens (tertiary/aromatic N) is 1. The van der Waals surface area contributed by atoms with Gasteiger partial charge in [0.2, 0.25) is 5.91 Å². The second kappa shape index (κ2) is 13.6. The fraction of sp³-hybridized carbons (Fsp3) is 0.538. The number of carbonyl (C=O) groups is 2. The predicted octanol–water partition coefficient (Wildman–Crippen LogP) is 4.61. The number of ether oxygens (including phenoxy) is 2. The van der Waals surface area contributed by atoms with Crippen LogP contribution in [0.5, 0.6) is 0 Å². The highest BCUT2D eigenvalue weighted by Crippen LogP contribution is 2.29. The molecule has 0 bridgehead atoms. The molecule has 1 aliphatic heterocycles. The number of benzene rings is 1. The van der Waals surface area contributed by atoms with E-state index < -0.39 is 12.1 Å². The van der Waals surface area contributed by atoms with E-state index in [1.807, 2.05) is 30.3 Å². The van der Waals surface area contributed by atoms with E-state index in [4.69, 9.17) is 14.6 Å². The topological polar surface area (TPSA) is 96.3 Å². The minimum Gasteiger partial charge on any atom is -0.459 e. The average Bonchev–Trinajstić information content (AvgIpc) is 3.47. The van der Waals surface area contributed by atoms with Crippen molar-refractivity contribution >= 4 is 28.9 Å². The zero-order chi connectivity index (χ0) is 24.3. The predicted molar refractivity (Wildman–Crippen MR) is 132 cm³/mol. The number of esters is 1. The van der Waals surface area contributed by atoms with Gasteiger partial charge in [0.25, 0.3) is 0 Å². The Hall–Kier alpha value is -2.26. The van der Waals surface area contributed by atoms with Crippen LogP contribution in [-0.4, -0.2) is 48.0 Å². The van der Waals surface area contributed by atoms with Crippen molar-refractivity contribution in [1.29, 1.82) is 0 Å². The van der Waals surface area contributed by atoms with Gasteiger partial charge >= 0.3 is 5.97 Å². The molecule has 1 unspecified atom stereocenters. The minimum atomic E-state index is -0.476. The molecule has 186 valence electrons. The number of hydrogen-bond acceptors (Lipinski definition) is 7. The first-order valence-corrected chi connectivity index (χ1v) is 12.9. The summed E-state index contributed by atoms with van der Waals surface area (Å²) in [5.74, 6) is -0.376. The third-order valence-corrected chi connectivity index (χ3v) is 6.99. The summed E-state index contributed by atoms with van der Waals surface area (Å²) in [7, 11) is 0. The number of anilines is 1. The standard InChI is InChI=1S/C26H35NO6S/c1-2-3-4-5-6-23(29)19-7-9-20(10-8-19)27-21(11-14-25(27)30)17-32-18-22-12-13-24(34-22)26(31)33-16-15-28/h7-10,12-13,21,23,28-29H,2-6,11,14-18H2,1H3/t21-,23?/m1/s1. The maximum absolute atomic E-state index is 12.6. The average molecular weight is 490 g/mol. The van der Waals surface area contributed by atoms with Crippen molar-refractivity contribution in [1.82, 2.24) is 0 Å². The van der Waals surface area contributed by atoms with Crippen LogP contribution >= 0.6 is 11.3 Å². The van der Waals surface area contributed by atoms with Crippen LogP contribution in [-0.2, 0) is 20.9 Å². The second-order valence-corrected chi connectivity index (χ2v) is 9.72. The van der Waals surface area contributed by atoms with E-state index >= 15 is 0 Å². The third-order valence-electron chi connectivity index (χ3n) is 5.95. The summed E-state index contributed by atoms with van der Waals surface area (Å²) >= 11 is 1.30. The van der Waals surface area contributed by atoms with Crippen molar-refractivity contribution in [3.05, 3.63) is 51.7 Å². The molecule has 8 heteroatoms. The van der Waals surface area contributed by atoms with Crippen molar-refractivity contribution in [3.63, 3.8) is 0 Å². The Kier molecular flexibility index (Phi) is 10.5. The van der Waals surface area contributed by atoms with Crippen LogP contribution < -0.4 is 4.90 Å². The third kappa shape index (κ3) is 7.37. The second-order valence-electron chi connectivity index (χ2n) is 8.55. The summed E-state index contributed by atoms with van der Waals surface area (Å²) in [4.78, 5) is 27.6. The Labute approximate surface area is 205 Å². The quantitative estimate of drug-likeness (QED) is 0.297. The lowest BCUT2D eigenvalue weighted by Gasteiger charge is -2.25. The highest BCUT2D eigenvalue weighted by atomic mass is 32.1. The molecule has 2 atom stereocenters. The number of hydrogen-bond donors (Lipinski definition) is 2. The lowest BCUT2D eigenvalue weighted by Crippen LogP contribution is -2.36. The fourth-order valence-electron chi connectivity index (χ4n) is 4.11. The number of rotatable bonds is 14. The Morgan fingerprint density at radius 2 is 1.97 bits per heavy atom. The molecule has 1 aromatic carbocycles. The lowest BCUT2D eigenvalue weighted by molar-refractivity contribution is -0.117. The Morgan fingerprint density at radius 3 is 2.71 bits per heavy atom. The number of thiophene rings is 1. The van der Waals surface area contributed by atoms with E-state index in [1.54, 1.807) is 11.0 Å². The Bertz CT molecular complexity index is 912. The van der Waals surface area contributed by atoms with E-state index in [9.17, 15) is 14.7 Å². The van der Waals surface area contributed by atoms with Gasteiger partial charge < -0.3 is 24.6 Å². The molecule has 1 amide bonds. The summed E-state index contributed by atoms with van der Waals surface area (Å²) in [5.41, 5.74) is 1.70. The van der Waals surface area contributed by atoms with E-state index in [1.165, 1.54) is 24.2 Å². The highest BCUT2D eigenvalue weighted by Gasteiger charge is 2.32. The van der Waals surface area contributed by atoms with Crippen molar-refractivity contribution < 1.29 is 29.3 Å². The maximum Gasteiger partial charge on any atom is 0.348 e. The van der Waals surface area contributed by atoms with Gasteiger partial charge in [-0.05, 0) is 42.7 Å². The smallest absolute Gasteiger partial charge is 0.348 e. The number of aliphatic hydroxyl groups excluding tert-OH is 2. The summed E-state index contributed by atoms with van der Waals surface area (Å²) in [6.45, 7) is 2.69. The van der Waals surface area contributed by atoms with Gasteiger partial charge in [0, 0.05) is 17.0 Å². The SMILES string of the molecule is CCCCCCC(O)c1ccc(N2C(=O)CC[C@@H]2COCc2ccc(C(=O)OCCO)s2)cc1. The first kappa shape index (κ1) is 26.3. The molecule has 1 aliphatic rings. The maximum atomic E-state index is 12.6. The van der Waals surface area contributed by atoms with Gasteiger partial charge in [-0.1, -0.05) is 44.7 Å². The van der Waals surface area contributed by atoms with Gasteiger partial charge in [0.05, 0.1) is 32.0 Å². The van der Waals surface area contributed by atoms with E-state index in [0.717, 1.165) is 41.8 Å². The summed E-state index contributed by atoms with van der Waals surface area (Å²) in [6.07, 6.45) is 6.00. The number of unbranched alkanes of at least 4 members (excludes halogenated alkanes) is 3. The molecule has 1 aromatic heterocycles. The molecule has 34 heavy (non-hydrogen) atoms. The molecular formula is C26H35NO6S. The molecule has 1 fully saturated rings. The first-order chi connectivity index (χ1) is 16.5. The van der Waals surface area contributed by atoms with Crippen LogP contribution in [0.25, 0.3) is 0 Å². The van der Waals surface area contributed by atoms with Crippen LogP contribution in [0.2, 0.25) is 0 Å². The van der Waals surface area contributed by atoms with Crippen LogP contribution in [0.15, 0.2) is 36.4 Å². The Balaban J connectivity index is 1.51. The van der Waals surface area contributed by atoms with E-state index in [2.05, 4.69) is 6.92 Å². The van der Waals surface area contributed by atoms with Crippen LogP contribution in [0.3, 0.4) is 0 Å². The minimum absolute atomic E-state index is 0.0208. The molecule has 7 nitrogen and oxygen atoms in total. The summed E-state index contributed by atoms with van der Waals surface area (Å²) in [6, 6.07) is 11.1. The Morgan fingerprint density at radius 1 is 1.18 bits per heavy atom. The van der Waals surface area contributed by atoms with E-state index in [-0.39, 0.29) is 25.2 Å². The van der Waals surface area contributed by atoms with Crippen molar-refractivity contribution in [2.75, 3.05) is 24.7 Å². The fourth-order valence-corrected chi connectivity index (χ4v) is 4.95. The monoisotopic (exact) mass is 489 g/mol. The summed E-state index contributed by atoms with van der Waals surface area (Å²) < 4.78 is 10.8.